The summed E-state index contributed by atoms with van der Waals surface area (Å²) >= 11 is 0. The average molecular weight is 399 g/mol. The summed E-state index contributed by atoms with van der Waals surface area (Å²) in [6, 6.07) is 6.00. The second-order valence-electron chi connectivity index (χ2n) is 7.25. The minimum absolute atomic E-state index is 0. The van der Waals surface area contributed by atoms with E-state index in [1.54, 1.807) is 0 Å². The third kappa shape index (κ3) is 7.23. The van der Waals surface area contributed by atoms with Gasteiger partial charge in [-0.05, 0) is 56.2 Å². The number of rotatable bonds is 10. The van der Waals surface area contributed by atoms with Crippen molar-refractivity contribution in [2.24, 2.45) is 11.7 Å². The first-order chi connectivity index (χ1) is 12.5. The number of nitrogens with two attached hydrogens (primary N) is 1. The number of carbonyl (C=O) groups is 1. The molecule has 0 spiro atoms. The predicted octanol–water partition coefficient (Wildman–Crippen LogP) is 4.38. The Labute approximate surface area is 169 Å². The Morgan fingerprint density at radius 2 is 1.85 bits per heavy atom. The van der Waals surface area contributed by atoms with Gasteiger partial charge in [-0.25, -0.2) is 0 Å². The summed E-state index contributed by atoms with van der Waals surface area (Å²) in [4.78, 5) is 12.4. The van der Waals surface area contributed by atoms with Crippen molar-refractivity contribution in [1.82, 2.24) is 5.32 Å². The van der Waals surface area contributed by atoms with Gasteiger partial charge in [-0.2, -0.15) is 0 Å². The summed E-state index contributed by atoms with van der Waals surface area (Å²) in [6.45, 7) is 7.46. The molecule has 154 valence electrons. The lowest BCUT2D eigenvalue weighted by atomic mass is 9.99. The Bertz CT molecular complexity index is 583. The normalized spacial score (nSPS) is 19.9. The minimum Gasteiger partial charge on any atom is -0.490 e. The minimum atomic E-state index is -0.0793. The Balaban J connectivity index is 0.00000364. The Morgan fingerprint density at radius 1 is 1.19 bits per heavy atom. The summed E-state index contributed by atoms with van der Waals surface area (Å²) in [7, 11) is 0. The number of benzene rings is 1. The quantitative estimate of drug-likeness (QED) is 0.613. The van der Waals surface area contributed by atoms with Crippen LogP contribution in [0.1, 0.15) is 70.9 Å². The van der Waals surface area contributed by atoms with E-state index in [1.807, 2.05) is 25.1 Å². The van der Waals surface area contributed by atoms with Gasteiger partial charge in [0.2, 0.25) is 5.91 Å². The van der Waals surface area contributed by atoms with E-state index in [2.05, 4.69) is 19.2 Å². The summed E-state index contributed by atoms with van der Waals surface area (Å²) in [5.41, 5.74) is 7.10. The molecule has 3 N–H and O–H groups in total. The van der Waals surface area contributed by atoms with Crippen LogP contribution in [0.15, 0.2) is 18.2 Å². The Kier molecular flexibility index (Phi) is 10.6. The van der Waals surface area contributed by atoms with E-state index in [0.717, 1.165) is 49.2 Å². The second-order valence-corrected chi connectivity index (χ2v) is 7.25. The molecule has 0 saturated heterocycles. The van der Waals surface area contributed by atoms with Crippen LogP contribution in [0.25, 0.3) is 0 Å². The van der Waals surface area contributed by atoms with Gasteiger partial charge >= 0.3 is 0 Å². The van der Waals surface area contributed by atoms with Crippen LogP contribution in [0.3, 0.4) is 0 Å². The monoisotopic (exact) mass is 398 g/mol. The van der Waals surface area contributed by atoms with Crippen LogP contribution in [0.2, 0.25) is 0 Å². The number of carbonyl (C=O) groups excluding carboxylic acids is 1. The zero-order valence-electron chi connectivity index (χ0n) is 16.8. The van der Waals surface area contributed by atoms with E-state index >= 15 is 0 Å². The highest BCUT2D eigenvalue weighted by Gasteiger charge is 2.26. The largest absolute Gasteiger partial charge is 0.490 e. The molecule has 27 heavy (non-hydrogen) atoms. The van der Waals surface area contributed by atoms with Crippen molar-refractivity contribution in [3.05, 3.63) is 23.8 Å². The molecule has 1 aromatic carbocycles. The lowest BCUT2D eigenvalue weighted by molar-refractivity contribution is -0.122. The molecule has 1 unspecified atom stereocenters. The van der Waals surface area contributed by atoms with E-state index < -0.39 is 0 Å². The van der Waals surface area contributed by atoms with Gasteiger partial charge in [-0.1, -0.05) is 26.3 Å². The molecule has 0 bridgehead atoms. The first-order valence-electron chi connectivity index (χ1n) is 9.99. The number of ether oxygens (including phenoxy) is 2. The van der Waals surface area contributed by atoms with Gasteiger partial charge in [-0.3, -0.25) is 4.79 Å². The third-order valence-corrected chi connectivity index (χ3v) is 4.93. The molecule has 3 atom stereocenters. The van der Waals surface area contributed by atoms with Crippen LogP contribution in [-0.2, 0) is 4.79 Å². The molecule has 1 fully saturated rings. The van der Waals surface area contributed by atoms with Crippen molar-refractivity contribution in [2.75, 3.05) is 13.2 Å². The number of hydrogen-bond donors (Lipinski definition) is 2. The van der Waals surface area contributed by atoms with Crippen molar-refractivity contribution in [2.45, 2.75) is 71.4 Å². The standard InChI is InChI=1S/C21H34N2O3.ClH/c1-4-11-25-19-10-9-16(13-20(19)26-12-5-2)15(3)23-21(24)14-17-7-6-8-18(17)22;/h9-10,13,15,17-18H,4-8,11-12,14,22H2,1-3H3,(H,23,24);1H/t15?,17-,18+;/m0./s1. The summed E-state index contributed by atoms with van der Waals surface area (Å²) in [5.74, 6) is 1.90. The lowest BCUT2D eigenvalue weighted by Gasteiger charge is -2.20. The van der Waals surface area contributed by atoms with Gasteiger partial charge in [-0.15, -0.1) is 12.4 Å². The SMILES string of the molecule is CCCOc1ccc(C(C)NC(=O)C[C@@H]2CCC[C@H]2N)cc1OCCC.Cl. The number of nitrogens with one attached hydrogen (secondary N) is 1. The fourth-order valence-corrected chi connectivity index (χ4v) is 3.39. The van der Waals surface area contributed by atoms with E-state index in [4.69, 9.17) is 15.2 Å². The maximum absolute atomic E-state index is 12.4. The van der Waals surface area contributed by atoms with E-state index in [-0.39, 0.29) is 30.4 Å². The number of amides is 1. The molecule has 6 heteroatoms. The highest BCUT2D eigenvalue weighted by molar-refractivity contribution is 5.85. The average Bonchev–Trinajstić information content (AvgIpc) is 3.02. The Morgan fingerprint density at radius 3 is 2.44 bits per heavy atom. The van der Waals surface area contributed by atoms with Crippen LogP contribution in [0, 0.1) is 5.92 Å². The van der Waals surface area contributed by atoms with E-state index in [0.29, 0.717) is 25.6 Å². The smallest absolute Gasteiger partial charge is 0.220 e. The van der Waals surface area contributed by atoms with Crippen LogP contribution >= 0.6 is 12.4 Å². The number of halogens is 1. The summed E-state index contributed by atoms with van der Waals surface area (Å²) in [6.07, 6.45) is 5.62. The van der Waals surface area contributed by atoms with Gasteiger partial charge in [0.1, 0.15) is 0 Å². The zero-order chi connectivity index (χ0) is 18.9. The first-order valence-corrected chi connectivity index (χ1v) is 9.99. The van der Waals surface area contributed by atoms with Crippen LogP contribution in [0.5, 0.6) is 11.5 Å². The number of hydrogen-bond acceptors (Lipinski definition) is 4. The van der Waals surface area contributed by atoms with Gasteiger partial charge in [0.25, 0.3) is 0 Å². The van der Waals surface area contributed by atoms with E-state index in [9.17, 15) is 4.79 Å². The highest BCUT2D eigenvalue weighted by Crippen LogP contribution is 2.31. The van der Waals surface area contributed by atoms with Gasteiger partial charge in [0.15, 0.2) is 11.5 Å². The first kappa shape index (κ1) is 23.6. The molecular weight excluding hydrogens is 364 g/mol. The van der Waals surface area contributed by atoms with Crippen LogP contribution in [-0.4, -0.2) is 25.2 Å². The second kappa shape index (κ2) is 12.1. The lowest BCUT2D eigenvalue weighted by Crippen LogP contribution is -2.32. The van der Waals surface area contributed by atoms with Gasteiger partial charge < -0.3 is 20.5 Å². The highest BCUT2D eigenvalue weighted by atomic mass is 35.5. The molecular formula is C21H35ClN2O3. The fraction of sp³-hybridized carbons (Fsp3) is 0.667. The molecule has 2 rings (SSSR count). The summed E-state index contributed by atoms with van der Waals surface area (Å²) < 4.78 is 11.6. The maximum Gasteiger partial charge on any atom is 0.220 e. The summed E-state index contributed by atoms with van der Waals surface area (Å²) in [5, 5.41) is 3.10. The predicted molar refractivity (Wildman–Crippen MR) is 112 cm³/mol. The molecule has 0 aliphatic heterocycles. The van der Waals surface area contributed by atoms with Gasteiger partial charge in [0, 0.05) is 12.5 Å². The van der Waals surface area contributed by atoms with Crippen molar-refractivity contribution < 1.29 is 14.3 Å². The van der Waals surface area contributed by atoms with Crippen molar-refractivity contribution in [3.63, 3.8) is 0 Å². The molecule has 0 aromatic heterocycles. The van der Waals surface area contributed by atoms with Crippen molar-refractivity contribution >= 4 is 18.3 Å². The Hall–Kier alpha value is -1.46. The molecule has 0 heterocycles. The zero-order valence-corrected chi connectivity index (χ0v) is 17.6. The third-order valence-electron chi connectivity index (χ3n) is 4.93. The van der Waals surface area contributed by atoms with Crippen molar-refractivity contribution in [3.8, 4) is 11.5 Å². The molecule has 1 aliphatic carbocycles. The maximum atomic E-state index is 12.4. The molecule has 0 radical (unpaired) electrons. The topological polar surface area (TPSA) is 73.6 Å². The van der Waals surface area contributed by atoms with E-state index in [1.165, 1.54) is 0 Å². The molecule has 1 amide bonds. The molecule has 1 aromatic rings. The molecule has 5 nitrogen and oxygen atoms in total. The molecule has 1 saturated carbocycles. The van der Waals surface area contributed by atoms with Crippen LogP contribution < -0.4 is 20.5 Å². The van der Waals surface area contributed by atoms with Crippen LogP contribution in [0.4, 0.5) is 0 Å². The molecule has 1 aliphatic rings. The van der Waals surface area contributed by atoms with Gasteiger partial charge in [0.05, 0.1) is 19.3 Å². The van der Waals surface area contributed by atoms with Crippen molar-refractivity contribution in [1.29, 1.82) is 0 Å². The fourth-order valence-electron chi connectivity index (χ4n) is 3.39.